The summed E-state index contributed by atoms with van der Waals surface area (Å²) < 4.78 is 10.6. The fourth-order valence-electron chi connectivity index (χ4n) is 3.98. The monoisotopic (exact) mass is 892 g/mol. The summed E-state index contributed by atoms with van der Waals surface area (Å²) in [6.45, 7) is 42.2. The van der Waals surface area contributed by atoms with Crippen LogP contribution in [0.25, 0.3) is 0 Å². The quantitative estimate of drug-likeness (QED) is 0.0190. The van der Waals surface area contributed by atoms with Crippen LogP contribution in [0.4, 0.5) is 0 Å². The van der Waals surface area contributed by atoms with E-state index in [0.717, 1.165) is 58.4 Å². The third kappa shape index (κ3) is 82.1. The van der Waals surface area contributed by atoms with E-state index in [0.29, 0.717) is 13.0 Å². The van der Waals surface area contributed by atoms with Gasteiger partial charge in [-0.25, -0.2) is 0 Å². The van der Waals surface area contributed by atoms with Gasteiger partial charge in [-0.2, -0.15) is 11.8 Å². The van der Waals surface area contributed by atoms with Crippen molar-refractivity contribution in [2.24, 2.45) is 11.3 Å². The van der Waals surface area contributed by atoms with Crippen molar-refractivity contribution in [3.8, 4) is 0 Å². The maximum atomic E-state index is 11.7. The molecule has 0 saturated carbocycles. The van der Waals surface area contributed by atoms with Crippen molar-refractivity contribution in [2.45, 2.75) is 227 Å². The summed E-state index contributed by atoms with van der Waals surface area (Å²) in [6, 6.07) is 0. The molecule has 0 saturated heterocycles. The standard InChI is InChI=1S/C13H27NO3.C10H22OS2.C8H18O2.C8H18.C3H6.3C2H6.CH4O/c1-5-13(4,11-15)12(16)17-10-8-9-14(6-2)7-3;1-3-5-9-12-10-6-7-11-13-8-4-2;1-3-4-5-6-7(2)8(9)10;1-3-5-7-8-6-4-2;1-3-2;4*1-2/h15H,5-11H2,1-4H3;3-10H2,1-2H3;7-10H,3-6H2,1-2H3;3-8H2,1-2H3;3H,1H2,2H3;3*1-2H3;2H,1H3/t;;7-;;;;;;/m..0....../s1. The largest absolute Gasteiger partial charge is 0.465 e. The first kappa shape index (κ1) is 79.1. The van der Waals surface area contributed by atoms with E-state index in [9.17, 15) is 4.79 Å². The van der Waals surface area contributed by atoms with Crippen molar-refractivity contribution in [3.63, 3.8) is 0 Å². The summed E-state index contributed by atoms with van der Waals surface area (Å²) in [5.41, 5.74) is -0.741. The van der Waals surface area contributed by atoms with Crippen molar-refractivity contribution >= 4 is 29.8 Å². The Hall–Kier alpha value is -0.330. The molecule has 0 aliphatic carbocycles. The molecule has 0 aromatic carbocycles. The summed E-state index contributed by atoms with van der Waals surface area (Å²) in [5.74, 6) is 3.45. The summed E-state index contributed by atoms with van der Waals surface area (Å²) in [5, 5.41) is 33.5. The molecular formula is C49H113NO7S2. The van der Waals surface area contributed by atoms with Crippen LogP contribution in [0.1, 0.15) is 220 Å². The Balaban J connectivity index is -0.0000000763. The van der Waals surface area contributed by atoms with Crippen LogP contribution in [-0.4, -0.2) is 101 Å². The fraction of sp³-hybridized carbons (Fsp3) is 0.939. The zero-order valence-electron chi connectivity index (χ0n) is 43.4. The molecule has 0 aromatic heterocycles. The van der Waals surface area contributed by atoms with Gasteiger partial charge in [0, 0.05) is 25.3 Å². The average molecular weight is 893 g/mol. The maximum Gasteiger partial charge on any atom is 0.314 e. The fourth-order valence-corrected chi connectivity index (χ4v) is 5.52. The van der Waals surface area contributed by atoms with Crippen molar-refractivity contribution < 1.29 is 34.1 Å². The van der Waals surface area contributed by atoms with Crippen molar-refractivity contribution in [1.29, 1.82) is 0 Å². The first-order valence-electron chi connectivity index (χ1n) is 24.2. The molecule has 0 amide bonds. The third-order valence-corrected chi connectivity index (χ3v) is 10.2. The first-order valence-corrected chi connectivity index (χ1v) is 26.2. The summed E-state index contributed by atoms with van der Waals surface area (Å²) in [4.78, 5) is 14.0. The molecule has 8 nitrogen and oxygen atoms in total. The van der Waals surface area contributed by atoms with Gasteiger partial charge in [-0.1, -0.05) is 174 Å². The van der Waals surface area contributed by atoms with Gasteiger partial charge in [-0.15, -0.1) is 6.58 Å². The van der Waals surface area contributed by atoms with Gasteiger partial charge in [-0.3, -0.25) is 4.79 Å². The molecule has 368 valence electrons. The van der Waals surface area contributed by atoms with Crippen LogP contribution in [0.5, 0.6) is 0 Å². The predicted molar refractivity (Wildman–Crippen MR) is 273 cm³/mol. The van der Waals surface area contributed by atoms with Crippen molar-refractivity contribution in [2.75, 3.05) is 63.8 Å². The summed E-state index contributed by atoms with van der Waals surface area (Å²) >= 11 is 3.66. The Morgan fingerprint density at radius 1 is 0.695 bits per heavy atom. The molecule has 0 rings (SSSR count). The molecule has 4 N–H and O–H groups in total. The van der Waals surface area contributed by atoms with E-state index in [1.807, 2.05) is 62.3 Å². The van der Waals surface area contributed by atoms with Crippen LogP contribution in [-0.2, 0) is 13.7 Å². The minimum atomic E-state index is -1.13. The highest BCUT2D eigenvalue weighted by atomic mass is 32.2. The van der Waals surface area contributed by atoms with Crippen molar-refractivity contribution in [3.05, 3.63) is 12.7 Å². The number of rotatable bonds is 29. The Labute approximate surface area is 381 Å². The van der Waals surface area contributed by atoms with Crippen LogP contribution in [0, 0.1) is 11.3 Å². The van der Waals surface area contributed by atoms with Gasteiger partial charge in [0.1, 0.15) is 0 Å². The smallest absolute Gasteiger partial charge is 0.314 e. The molecule has 0 spiro atoms. The number of aliphatic hydroxyl groups excluding tert-OH is 3. The highest BCUT2D eigenvalue weighted by Crippen LogP contribution is 2.22. The molecule has 0 aliphatic heterocycles. The van der Waals surface area contributed by atoms with Crippen LogP contribution in [0.3, 0.4) is 0 Å². The Kier molecular flexibility index (Phi) is 109. The number of aliphatic hydroxyl groups is 4. The molecule has 1 unspecified atom stereocenters. The minimum Gasteiger partial charge on any atom is -0.465 e. The van der Waals surface area contributed by atoms with Crippen LogP contribution in [0.2, 0.25) is 0 Å². The number of carbonyl (C=O) groups is 1. The lowest BCUT2D eigenvalue weighted by Gasteiger charge is -2.23. The molecule has 0 fully saturated rings. The van der Waals surface area contributed by atoms with E-state index in [4.69, 9.17) is 29.3 Å². The van der Waals surface area contributed by atoms with E-state index in [1.54, 1.807) is 25.0 Å². The minimum absolute atomic E-state index is 0.0338. The van der Waals surface area contributed by atoms with Crippen molar-refractivity contribution in [1.82, 2.24) is 4.90 Å². The van der Waals surface area contributed by atoms with Gasteiger partial charge in [0.2, 0.25) is 0 Å². The Morgan fingerprint density at radius 3 is 1.51 bits per heavy atom. The highest BCUT2D eigenvalue weighted by molar-refractivity contribution is 7.99. The zero-order valence-corrected chi connectivity index (χ0v) is 45.0. The van der Waals surface area contributed by atoms with Gasteiger partial charge in [-0.05, 0) is 89.0 Å². The Morgan fingerprint density at radius 2 is 1.14 bits per heavy atom. The third-order valence-electron chi connectivity index (χ3n) is 8.13. The molecule has 0 aromatic rings. The SMILES string of the molecule is C=CC.CC.CC.CC.CCCCCCCC.CCCCC[C@H](C)C(O)O.CCCCSCCCOSCCC.CCN(CC)CCCOC(=O)C(C)(CC)CO.CO. The van der Waals surface area contributed by atoms with E-state index in [2.05, 4.69) is 71.7 Å². The number of thioether (sulfide) groups is 1. The number of allylic oxidation sites excluding steroid dienone is 1. The second-order valence-electron chi connectivity index (χ2n) is 13.3. The molecule has 0 bridgehead atoms. The second-order valence-corrected chi connectivity index (χ2v) is 15.4. The number of esters is 1. The van der Waals surface area contributed by atoms with E-state index < -0.39 is 11.7 Å². The molecule has 0 heterocycles. The summed E-state index contributed by atoms with van der Waals surface area (Å²) in [6.07, 6.45) is 20.0. The van der Waals surface area contributed by atoms with Gasteiger partial charge in [0.15, 0.2) is 6.29 Å². The number of carbonyl (C=O) groups excluding carboxylic acids is 1. The molecule has 0 aliphatic rings. The lowest BCUT2D eigenvalue weighted by Crippen LogP contribution is -2.33. The highest BCUT2D eigenvalue weighted by Gasteiger charge is 2.32. The van der Waals surface area contributed by atoms with E-state index >= 15 is 0 Å². The van der Waals surface area contributed by atoms with Crippen LogP contribution < -0.4 is 0 Å². The molecule has 10 heteroatoms. The van der Waals surface area contributed by atoms with E-state index in [-0.39, 0.29) is 18.5 Å². The van der Waals surface area contributed by atoms with Gasteiger partial charge < -0.3 is 34.2 Å². The second kappa shape index (κ2) is 81.5. The number of unbranched alkanes of at least 4 members (excludes halogenated alkanes) is 8. The predicted octanol–water partition coefficient (Wildman–Crippen LogP) is 14.4. The topological polar surface area (TPSA) is 120 Å². The molecule has 59 heavy (non-hydrogen) atoms. The molecular weight excluding hydrogens is 779 g/mol. The average Bonchev–Trinajstić information content (AvgIpc) is 3.28. The van der Waals surface area contributed by atoms with Crippen LogP contribution >= 0.6 is 23.8 Å². The number of nitrogens with zero attached hydrogens (tertiary/aromatic N) is 1. The van der Waals surface area contributed by atoms with Gasteiger partial charge in [0.25, 0.3) is 0 Å². The molecule has 0 radical (unpaired) electrons. The maximum absolute atomic E-state index is 11.7. The van der Waals surface area contributed by atoms with Gasteiger partial charge in [0.05, 0.1) is 25.2 Å². The normalized spacial score (nSPS) is 10.9. The van der Waals surface area contributed by atoms with E-state index in [1.165, 1.54) is 88.6 Å². The van der Waals surface area contributed by atoms with Crippen LogP contribution in [0.15, 0.2) is 12.7 Å². The lowest BCUT2D eigenvalue weighted by molar-refractivity contribution is -0.157. The number of ether oxygens (including phenoxy) is 1. The summed E-state index contributed by atoms with van der Waals surface area (Å²) in [7, 11) is 1.00. The number of hydrogen-bond acceptors (Lipinski definition) is 10. The Bertz CT molecular complexity index is 623. The molecule has 2 atom stereocenters. The zero-order chi connectivity index (χ0) is 48.0. The van der Waals surface area contributed by atoms with Gasteiger partial charge >= 0.3 is 5.97 Å². The first-order chi connectivity index (χ1) is 28.5. The number of hydrogen-bond donors (Lipinski definition) is 4. The lowest BCUT2D eigenvalue weighted by atomic mass is 9.89.